The van der Waals surface area contributed by atoms with Crippen LogP contribution in [0, 0.1) is 6.92 Å². The Balaban J connectivity index is 2.08. The van der Waals surface area contributed by atoms with Gasteiger partial charge < -0.3 is 14.7 Å². The quantitative estimate of drug-likeness (QED) is 0.909. The van der Waals surface area contributed by atoms with Gasteiger partial charge in [0, 0.05) is 26.2 Å². The molecule has 1 heterocycles. The highest BCUT2D eigenvalue weighted by Gasteiger charge is 2.31. The van der Waals surface area contributed by atoms with Crippen LogP contribution in [-0.2, 0) is 9.53 Å². The standard InChI is InChI=1S/C19H28N2O4/c1-14-6-8-15(9-7-14)16(17(22)23)20-10-5-11-21(13-12-20)18(24)25-19(2,3)4/h6-9,16H,5,10-13H2,1-4H3,(H,22,23). The summed E-state index contributed by atoms with van der Waals surface area (Å²) in [5, 5.41) is 9.72. The molecule has 1 aromatic carbocycles. The number of carbonyl (C=O) groups excluding carboxylic acids is 1. The number of ether oxygens (including phenoxy) is 1. The highest BCUT2D eigenvalue weighted by atomic mass is 16.6. The van der Waals surface area contributed by atoms with Crippen LogP contribution in [0.25, 0.3) is 0 Å². The number of carbonyl (C=O) groups is 2. The van der Waals surface area contributed by atoms with Crippen molar-refractivity contribution in [3.8, 4) is 0 Å². The van der Waals surface area contributed by atoms with Gasteiger partial charge in [-0.05, 0) is 39.7 Å². The van der Waals surface area contributed by atoms with Crippen molar-refractivity contribution < 1.29 is 19.4 Å². The van der Waals surface area contributed by atoms with Crippen LogP contribution in [0.1, 0.15) is 44.4 Å². The fourth-order valence-electron chi connectivity index (χ4n) is 2.96. The number of nitrogens with zero attached hydrogens (tertiary/aromatic N) is 2. The van der Waals surface area contributed by atoms with E-state index < -0.39 is 17.6 Å². The Morgan fingerprint density at radius 3 is 2.28 bits per heavy atom. The highest BCUT2D eigenvalue weighted by molar-refractivity contribution is 5.75. The van der Waals surface area contributed by atoms with Crippen molar-refractivity contribution in [3.63, 3.8) is 0 Å². The molecule has 0 radical (unpaired) electrons. The van der Waals surface area contributed by atoms with E-state index in [4.69, 9.17) is 4.74 Å². The first-order chi connectivity index (χ1) is 11.7. The van der Waals surface area contributed by atoms with E-state index >= 15 is 0 Å². The van der Waals surface area contributed by atoms with Gasteiger partial charge in [-0.15, -0.1) is 0 Å². The molecule has 0 aliphatic carbocycles. The molecule has 138 valence electrons. The van der Waals surface area contributed by atoms with Gasteiger partial charge >= 0.3 is 12.1 Å². The maximum Gasteiger partial charge on any atom is 0.410 e. The van der Waals surface area contributed by atoms with Crippen molar-refractivity contribution in [1.82, 2.24) is 9.80 Å². The largest absolute Gasteiger partial charge is 0.480 e. The summed E-state index contributed by atoms with van der Waals surface area (Å²) < 4.78 is 5.43. The van der Waals surface area contributed by atoms with E-state index in [9.17, 15) is 14.7 Å². The van der Waals surface area contributed by atoms with Crippen LogP contribution in [0.2, 0.25) is 0 Å². The average molecular weight is 348 g/mol. The number of carboxylic acids is 1. The van der Waals surface area contributed by atoms with Gasteiger partial charge in [0.05, 0.1) is 0 Å². The molecule has 1 amide bonds. The summed E-state index contributed by atoms with van der Waals surface area (Å²) in [6.07, 6.45) is 0.381. The summed E-state index contributed by atoms with van der Waals surface area (Å²) >= 11 is 0. The van der Waals surface area contributed by atoms with Gasteiger partial charge in [0.1, 0.15) is 11.6 Å². The first kappa shape index (κ1) is 19.2. The monoisotopic (exact) mass is 348 g/mol. The van der Waals surface area contributed by atoms with Gasteiger partial charge in [-0.2, -0.15) is 0 Å². The second kappa shape index (κ2) is 7.87. The number of amides is 1. The van der Waals surface area contributed by atoms with Gasteiger partial charge in [-0.25, -0.2) is 4.79 Å². The SMILES string of the molecule is Cc1ccc(C(C(=O)O)N2CCCN(C(=O)OC(C)(C)C)CC2)cc1. The number of aliphatic carboxylic acids is 1. The predicted octanol–water partition coefficient (Wildman–Crippen LogP) is 3.06. The zero-order chi connectivity index (χ0) is 18.6. The number of benzene rings is 1. The third kappa shape index (κ3) is 5.46. The Bertz CT molecular complexity index is 607. The van der Waals surface area contributed by atoms with Crippen molar-refractivity contribution in [1.29, 1.82) is 0 Å². The molecule has 1 aromatic rings. The third-order valence-corrected chi connectivity index (χ3v) is 4.17. The summed E-state index contributed by atoms with van der Waals surface area (Å²) in [5.74, 6) is -0.866. The van der Waals surface area contributed by atoms with Gasteiger partial charge in [-0.1, -0.05) is 29.8 Å². The predicted molar refractivity (Wildman–Crippen MR) is 95.6 cm³/mol. The molecule has 1 saturated heterocycles. The van der Waals surface area contributed by atoms with E-state index in [2.05, 4.69) is 0 Å². The molecule has 6 heteroatoms. The Labute approximate surface area is 149 Å². The number of rotatable bonds is 3. The maximum atomic E-state index is 12.3. The highest BCUT2D eigenvalue weighted by Crippen LogP contribution is 2.23. The van der Waals surface area contributed by atoms with E-state index in [0.717, 1.165) is 17.5 Å². The van der Waals surface area contributed by atoms with E-state index in [1.807, 2.05) is 56.9 Å². The van der Waals surface area contributed by atoms with Crippen LogP contribution in [0.5, 0.6) is 0 Å². The normalized spacial score (nSPS) is 17.7. The number of hydrogen-bond acceptors (Lipinski definition) is 4. The lowest BCUT2D eigenvalue weighted by Crippen LogP contribution is -2.40. The third-order valence-electron chi connectivity index (χ3n) is 4.17. The smallest absolute Gasteiger partial charge is 0.410 e. The van der Waals surface area contributed by atoms with E-state index in [1.165, 1.54) is 0 Å². The maximum absolute atomic E-state index is 12.3. The minimum absolute atomic E-state index is 0.337. The van der Waals surface area contributed by atoms with Gasteiger partial charge in [0.15, 0.2) is 0 Å². The van der Waals surface area contributed by atoms with Crippen molar-refractivity contribution >= 4 is 12.1 Å². The molecule has 1 fully saturated rings. The number of aryl methyl sites for hydroxylation is 1. The minimum Gasteiger partial charge on any atom is -0.480 e. The van der Waals surface area contributed by atoms with Crippen LogP contribution >= 0.6 is 0 Å². The molecule has 2 rings (SSSR count). The molecule has 1 aliphatic heterocycles. The second-order valence-corrected chi connectivity index (χ2v) is 7.51. The molecule has 25 heavy (non-hydrogen) atoms. The lowest BCUT2D eigenvalue weighted by atomic mass is 10.0. The molecule has 1 unspecified atom stereocenters. The first-order valence-corrected chi connectivity index (χ1v) is 8.69. The van der Waals surface area contributed by atoms with Crippen LogP contribution in [0.4, 0.5) is 4.79 Å². The molecular formula is C19H28N2O4. The van der Waals surface area contributed by atoms with Crippen LogP contribution in [0.15, 0.2) is 24.3 Å². The Kier molecular flexibility index (Phi) is 6.06. The second-order valence-electron chi connectivity index (χ2n) is 7.51. The molecule has 1 N–H and O–H groups in total. The van der Waals surface area contributed by atoms with Crippen LogP contribution < -0.4 is 0 Å². The van der Waals surface area contributed by atoms with Crippen LogP contribution in [0.3, 0.4) is 0 Å². The summed E-state index contributed by atoms with van der Waals surface area (Å²) in [6.45, 7) is 9.67. The first-order valence-electron chi connectivity index (χ1n) is 8.69. The molecule has 1 atom stereocenters. The average Bonchev–Trinajstić information content (AvgIpc) is 2.73. The summed E-state index contributed by atoms with van der Waals surface area (Å²) in [5.41, 5.74) is 1.33. The summed E-state index contributed by atoms with van der Waals surface area (Å²) in [4.78, 5) is 27.7. The molecule has 6 nitrogen and oxygen atoms in total. The summed E-state index contributed by atoms with van der Waals surface area (Å²) in [7, 11) is 0. The van der Waals surface area contributed by atoms with Gasteiger partial charge in [0.2, 0.25) is 0 Å². The van der Waals surface area contributed by atoms with Gasteiger partial charge in [0.25, 0.3) is 0 Å². The van der Waals surface area contributed by atoms with E-state index in [0.29, 0.717) is 26.2 Å². The Hall–Kier alpha value is -2.08. The fraction of sp³-hybridized carbons (Fsp3) is 0.579. The fourth-order valence-corrected chi connectivity index (χ4v) is 2.96. The van der Waals surface area contributed by atoms with Crippen molar-refractivity contribution in [3.05, 3.63) is 35.4 Å². The van der Waals surface area contributed by atoms with E-state index in [-0.39, 0.29) is 6.09 Å². The molecular weight excluding hydrogens is 320 g/mol. The Morgan fingerprint density at radius 2 is 1.72 bits per heavy atom. The van der Waals surface area contributed by atoms with Crippen molar-refractivity contribution in [2.75, 3.05) is 26.2 Å². The molecule has 0 bridgehead atoms. The van der Waals surface area contributed by atoms with Crippen molar-refractivity contribution in [2.45, 2.75) is 45.8 Å². The van der Waals surface area contributed by atoms with E-state index in [1.54, 1.807) is 4.90 Å². The molecule has 0 aromatic heterocycles. The number of hydrogen-bond donors (Lipinski definition) is 1. The van der Waals surface area contributed by atoms with Crippen LogP contribution in [-0.4, -0.2) is 58.7 Å². The molecule has 0 saturated carbocycles. The van der Waals surface area contributed by atoms with Gasteiger partial charge in [-0.3, -0.25) is 9.69 Å². The Morgan fingerprint density at radius 1 is 1.08 bits per heavy atom. The zero-order valence-electron chi connectivity index (χ0n) is 15.5. The lowest BCUT2D eigenvalue weighted by molar-refractivity contribution is -0.143. The number of carboxylic acid groups (broad SMARTS) is 1. The zero-order valence-corrected chi connectivity index (χ0v) is 15.5. The van der Waals surface area contributed by atoms with Crippen molar-refractivity contribution in [2.24, 2.45) is 0 Å². The molecule has 1 aliphatic rings. The molecule has 0 spiro atoms. The summed E-state index contributed by atoms with van der Waals surface area (Å²) in [6, 6.07) is 6.89. The lowest BCUT2D eigenvalue weighted by Gasteiger charge is -2.28. The minimum atomic E-state index is -0.866. The topological polar surface area (TPSA) is 70.1 Å².